The van der Waals surface area contributed by atoms with Gasteiger partial charge in [-0.05, 0) is 13.3 Å². The molecule has 1 N–H and O–H groups in total. The minimum absolute atomic E-state index is 0.315. The molecule has 18 heavy (non-hydrogen) atoms. The van der Waals surface area contributed by atoms with Crippen molar-refractivity contribution in [2.75, 3.05) is 13.2 Å². The number of imidazole rings is 1. The maximum Gasteiger partial charge on any atom is 0.112 e. The van der Waals surface area contributed by atoms with E-state index >= 15 is 0 Å². The van der Waals surface area contributed by atoms with E-state index in [0.29, 0.717) is 18.1 Å². The quantitative estimate of drug-likeness (QED) is 0.871. The average molecular weight is 249 g/mol. The van der Waals surface area contributed by atoms with Crippen LogP contribution in [0.4, 0.5) is 0 Å². The second kappa shape index (κ2) is 4.67. The van der Waals surface area contributed by atoms with E-state index in [1.165, 1.54) is 17.2 Å². The Balaban J connectivity index is 2.07. The number of fused-ring (bicyclic) bond motifs is 1. The first-order chi connectivity index (χ1) is 8.68. The van der Waals surface area contributed by atoms with Gasteiger partial charge in [0.25, 0.3) is 0 Å². The molecule has 1 aromatic heterocycles. The molecule has 0 spiro atoms. The van der Waals surface area contributed by atoms with Crippen LogP contribution in [0.15, 0.2) is 0 Å². The van der Waals surface area contributed by atoms with Crippen molar-refractivity contribution in [3.05, 3.63) is 17.2 Å². The van der Waals surface area contributed by atoms with Crippen LogP contribution < -0.4 is 5.32 Å². The molecule has 0 saturated carbocycles. The molecule has 1 aromatic rings. The van der Waals surface area contributed by atoms with Gasteiger partial charge in [0, 0.05) is 37.7 Å². The van der Waals surface area contributed by atoms with E-state index in [9.17, 15) is 0 Å². The summed E-state index contributed by atoms with van der Waals surface area (Å²) < 4.78 is 8.25. The molecule has 2 unspecified atom stereocenters. The van der Waals surface area contributed by atoms with E-state index < -0.39 is 0 Å². The molecule has 1 fully saturated rings. The van der Waals surface area contributed by atoms with Crippen molar-refractivity contribution in [1.29, 1.82) is 0 Å². The second-order valence-electron chi connectivity index (χ2n) is 5.75. The van der Waals surface area contributed by atoms with Gasteiger partial charge in [-0.15, -0.1) is 0 Å². The first-order valence-corrected chi connectivity index (χ1v) is 7.10. The number of aromatic nitrogens is 2. The van der Waals surface area contributed by atoms with Gasteiger partial charge in [0.1, 0.15) is 5.82 Å². The predicted molar refractivity (Wildman–Crippen MR) is 70.8 cm³/mol. The van der Waals surface area contributed by atoms with Gasteiger partial charge in [-0.1, -0.05) is 13.8 Å². The summed E-state index contributed by atoms with van der Waals surface area (Å²) in [5, 5.41) is 3.42. The maximum atomic E-state index is 5.75. The van der Waals surface area contributed by atoms with E-state index in [0.717, 1.165) is 32.5 Å². The van der Waals surface area contributed by atoms with Crippen molar-refractivity contribution >= 4 is 0 Å². The molecule has 0 aromatic carbocycles. The predicted octanol–water partition coefficient (Wildman–Crippen LogP) is 2.00. The summed E-state index contributed by atoms with van der Waals surface area (Å²) in [6, 6.07) is 0.483. The molecule has 2 aliphatic heterocycles. The van der Waals surface area contributed by atoms with Gasteiger partial charge < -0.3 is 14.6 Å². The van der Waals surface area contributed by atoms with Crippen LogP contribution in [0, 0.1) is 0 Å². The van der Waals surface area contributed by atoms with Crippen molar-refractivity contribution < 1.29 is 4.74 Å². The third-order valence-electron chi connectivity index (χ3n) is 4.14. The molecule has 2 aliphatic rings. The minimum atomic E-state index is 0.315. The second-order valence-corrected chi connectivity index (χ2v) is 5.75. The van der Waals surface area contributed by atoms with Gasteiger partial charge in [-0.2, -0.15) is 0 Å². The number of hydrogen-bond acceptors (Lipinski definition) is 3. The van der Waals surface area contributed by atoms with Crippen molar-refractivity contribution in [1.82, 2.24) is 14.9 Å². The highest BCUT2D eigenvalue weighted by Gasteiger charge is 2.32. The topological polar surface area (TPSA) is 39.1 Å². The minimum Gasteiger partial charge on any atom is -0.376 e. The highest BCUT2D eigenvalue weighted by molar-refractivity contribution is 5.23. The zero-order valence-electron chi connectivity index (χ0n) is 11.6. The summed E-state index contributed by atoms with van der Waals surface area (Å²) in [5.41, 5.74) is 2.70. The molecule has 0 bridgehead atoms. The van der Waals surface area contributed by atoms with Crippen LogP contribution in [-0.2, 0) is 17.7 Å². The molecule has 0 aliphatic carbocycles. The summed E-state index contributed by atoms with van der Waals surface area (Å²) in [6.07, 6.45) is 2.53. The van der Waals surface area contributed by atoms with E-state index in [-0.39, 0.29) is 0 Å². The fraction of sp³-hybridized carbons (Fsp3) is 0.786. The first kappa shape index (κ1) is 12.2. The normalized spacial score (nSPS) is 27.8. The van der Waals surface area contributed by atoms with Crippen molar-refractivity contribution in [3.63, 3.8) is 0 Å². The van der Waals surface area contributed by atoms with Crippen LogP contribution in [0.1, 0.15) is 56.4 Å². The van der Waals surface area contributed by atoms with E-state index in [1.807, 2.05) is 0 Å². The monoisotopic (exact) mass is 249 g/mol. The van der Waals surface area contributed by atoms with Crippen LogP contribution in [0.2, 0.25) is 0 Å². The lowest BCUT2D eigenvalue weighted by Gasteiger charge is -2.24. The molecule has 3 rings (SSSR count). The van der Waals surface area contributed by atoms with Gasteiger partial charge in [-0.25, -0.2) is 4.98 Å². The Morgan fingerprint density at radius 1 is 1.44 bits per heavy atom. The van der Waals surface area contributed by atoms with Crippen LogP contribution in [-0.4, -0.2) is 28.8 Å². The molecule has 2 atom stereocenters. The molecule has 0 radical (unpaired) electrons. The molecule has 3 heterocycles. The third-order valence-corrected chi connectivity index (χ3v) is 4.14. The number of nitrogens with one attached hydrogen (secondary N) is 1. The Hall–Kier alpha value is -0.870. The summed E-state index contributed by atoms with van der Waals surface area (Å²) in [5.74, 6) is 1.72. The first-order valence-electron chi connectivity index (χ1n) is 7.10. The average Bonchev–Trinajstić information content (AvgIpc) is 2.92. The van der Waals surface area contributed by atoms with E-state index in [1.54, 1.807) is 0 Å². The Bertz CT molecular complexity index is 438. The zero-order valence-corrected chi connectivity index (χ0v) is 11.6. The van der Waals surface area contributed by atoms with E-state index in [4.69, 9.17) is 9.72 Å². The largest absolute Gasteiger partial charge is 0.376 e. The van der Waals surface area contributed by atoms with Gasteiger partial charge in [0.15, 0.2) is 0 Å². The van der Waals surface area contributed by atoms with Gasteiger partial charge in [-0.3, -0.25) is 0 Å². The Morgan fingerprint density at radius 2 is 2.28 bits per heavy atom. The molecular weight excluding hydrogens is 226 g/mol. The standard InChI is InChI=1S/C14H23N3O/c1-9(2)14-16-11-8-15-6-4-13(11)17(14)12-5-7-18-10(12)3/h9-10,12,15H,4-8H2,1-3H3. The van der Waals surface area contributed by atoms with Gasteiger partial charge in [0.2, 0.25) is 0 Å². The van der Waals surface area contributed by atoms with Crippen molar-refractivity contribution in [2.45, 2.75) is 58.2 Å². The van der Waals surface area contributed by atoms with Crippen LogP contribution in [0.3, 0.4) is 0 Å². The smallest absolute Gasteiger partial charge is 0.112 e. The van der Waals surface area contributed by atoms with Gasteiger partial charge >= 0.3 is 0 Å². The fourth-order valence-corrected chi connectivity index (χ4v) is 3.19. The van der Waals surface area contributed by atoms with Crippen molar-refractivity contribution in [2.24, 2.45) is 0 Å². The molecule has 4 nitrogen and oxygen atoms in total. The number of ether oxygens (including phenoxy) is 1. The third kappa shape index (κ3) is 1.88. The molecular formula is C14H23N3O. The van der Waals surface area contributed by atoms with Gasteiger partial charge in [0.05, 0.1) is 17.8 Å². The summed E-state index contributed by atoms with van der Waals surface area (Å²) in [6.45, 7) is 9.53. The molecule has 1 saturated heterocycles. The molecule has 100 valence electrons. The lowest BCUT2D eigenvalue weighted by Crippen LogP contribution is -2.28. The summed E-state index contributed by atoms with van der Waals surface area (Å²) in [4.78, 5) is 4.87. The maximum absolute atomic E-state index is 5.75. The lowest BCUT2D eigenvalue weighted by atomic mass is 10.1. The number of hydrogen-bond donors (Lipinski definition) is 1. The summed E-state index contributed by atoms with van der Waals surface area (Å²) in [7, 11) is 0. The lowest BCUT2D eigenvalue weighted by molar-refractivity contribution is 0.106. The summed E-state index contributed by atoms with van der Waals surface area (Å²) >= 11 is 0. The number of rotatable bonds is 2. The Labute approximate surface area is 109 Å². The zero-order chi connectivity index (χ0) is 12.7. The SMILES string of the molecule is CC(C)c1nc2c(n1C1CCOC1C)CCNC2. The fourth-order valence-electron chi connectivity index (χ4n) is 3.19. The number of nitrogens with zero attached hydrogens (tertiary/aromatic N) is 2. The van der Waals surface area contributed by atoms with Crippen LogP contribution in [0.5, 0.6) is 0 Å². The van der Waals surface area contributed by atoms with E-state index in [2.05, 4.69) is 30.7 Å². The highest BCUT2D eigenvalue weighted by Crippen LogP contribution is 2.33. The van der Waals surface area contributed by atoms with Crippen LogP contribution >= 0.6 is 0 Å². The molecule has 0 amide bonds. The molecule has 4 heteroatoms. The Morgan fingerprint density at radius 3 is 2.94 bits per heavy atom. The van der Waals surface area contributed by atoms with Crippen molar-refractivity contribution in [3.8, 4) is 0 Å². The van der Waals surface area contributed by atoms with Crippen LogP contribution in [0.25, 0.3) is 0 Å². The highest BCUT2D eigenvalue weighted by atomic mass is 16.5. The Kier molecular flexibility index (Phi) is 3.16.